The van der Waals surface area contributed by atoms with Gasteiger partial charge in [-0.05, 0) is 24.6 Å². The van der Waals surface area contributed by atoms with Gasteiger partial charge in [-0.25, -0.2) is 9.97 Å². The summed E-state index contributed by atoms with van der Waals surface area (Å²) in [7, 11) is 0. The number of rotatable bonds is 1. The van der Waals surface area contributed by atoms with E-state index in [0.29, 0.717) is 16.9 Å². The zero-order valence-electron chi connectivity index (χ0n) is 11.9. The lowest BCUT2D eigenvalue weighted by atomic mass is 10.2. The van der Waals surface area contributed by atoms with Crippen molar-refractivity contribution in [3.8, 4) is 11.4 Å². The molecule has 0 spiro atoms. The van der Waals surface area contributed by atoms with Gasteiger partial charge in [0.1, 0.15) is 11.4 Å². The second kappa shape index (κ2) is 4.99. The Kier molecular flexibility index (Phi) is 3.16. The van der Waals surface area contributed by atoms with E-state index in [1.54, 1.807) is 6.07 Å². The van der Waals surface area contributed by atoms with Gasteiger partial charge in [0, 0.05) is 19.1 Å². The smallest absolute Gasteiger partial charge is 0.366 e. The summed E-state index contributed by atoms with van der Waals surface area (Å²) in [6, 6.07) is 5.78. The molecule has 2 aromatic rings. The summed E-state index contributed by atoms with van der Waals surface area (Å²) in [5, 5.41) is 3.60. The molecule has 0 aliphatic carbocycles. The highest BCUT2D eigenvalue weighted by molar-refractivity contribution is 6.33. The van der Waals surface area contributed by atoms with Crippen LogP contribution in [0.1, 0.15) is 12.1 Å². The number of fused-ring (bicyclic) bond motifs is 4. The third-order valence-corrected chi connectivity index (χ3v) is 4.40. The maximum Gasteiger partial charge on any atom is 0.433 e. The molecule has 2 aliphatic heterocycles. The minimum absolute atomic E-state index is 0.113. The molecule has 8 heteroatoms. The Labute approximate surface area is 135 Å². The number of hydrogen-bond donors (Lipinski definition) is 1. The first-order valence-electron chi connectivity index (χ1n) is 7.18. The van der Waals surface area contributed by atoms with Crippen molar-refractivity contribution in [2.45, 2.75) is 18.6 Å². The SMILES string of the molecule is FC(F)(F)c1cccc(-c2nc3c(cc2Cl)N2CC[C@@H](C2)N3)n1. The first-order chi connectivity index (χ1) is 10.9. The lowest BCUT2D eigenvalue weighted by molar-refractivity contribution is -0.141. The Balaban J connectivity index is 1.80. The summed E-state index contributed by atoms with van der Waals surface area (Å²) < 4.78 is 38.5. The van der Waals surface area contributed by atoms with E-state index in [1.165, 1.54) is 12.1 Å². The van der Waals surface area contributed by atoms with Crippen LogP contribution in [0.4, 0.5) is 24.7 Å². The summed E-state index contributed by atoms with van der Waals surface area (Å²) in [6.07, 6.45) is -3.50. The molecule has 1 saturated heterocycles. The van der Waals surface area contributed by atoms with Crippen LogP contribution < -0.4 is 10.2 Å². The second-order valence-electron chi connectivity index (χ2n) is 5.67. The standard InChI is InChI=1S/C15H12ClF3N4/c16-9-6-11-14(20-8-4-5-23(11)7-8)22-13(9)10-2-1-3-12(21-10)15(17,18)19/h1-3,6,8H,4-5,7H2,(H,20,22)/t8-/m0/s1. The van der Waals surface area contributed by atoms with Gasteiger partial charge in [0.25, 0.3) is 0 Å². The zero-order valence-corrected chi connectivity index (χ0v) is 12.6. The predicted octanol–water partition coefficient (Wildman–Crippen LogP) is 3.82. The van der Waals surface area contributed by atoms with Crippen molar-refractivity contribution in [1.82, 2.24) is 9.97 Å². The number of anilines is 2. The number of nitrogens with zero attached hydrogens (tertiary/aromatic N) is 3. The largest absolute Gasteiger partial charge is 0.433 e. The van der Waals surface area contributed by atoms with Crippen molar-refractivity contribution >= 4 is 23.1 Å². The quantitative estimate of drug-likeness (QED) is 0.857. The molecule has 0 radical (unpaired) electrons. The van der Waals surface area contributed by atoms with E-state index in [-0.39, 0.29) is 11.4 Å². The second-order valence-corrected chi connectivity index (χ2v) is 6.08. The Hall–Kier alpha value is -2.02. The van der Waals surface area contributed by atoms with Crippen molar-refractivity contribution < 1.29 is 13.2 Å². The lowest BCUT2D eigenvalue weighted by Crippen LogP contribution is -2.32. The number of hydrogen-bond acceptors (Lipinski definition) is 4. The highest BCUT2D eigenvalue weighted by Crippen LogP contribution is 2.39. The Bertz CT molecular complexity index is 778. The monoisotopic (exact) mass is 340 g/mol. The Morgan fingerprint density at radius 1 is 1.26 bits per heavy atom. The minimum Gasteiger partial charge on any atom is -0.366 e. The topological polar surface area (TPSA) is 41.1 Å². The molecule has 0 amide bonds. The van der Waals surface area contributed by atoms with Crippen LogP contribution in [-0.4, -0.2) is 29.1 Å². The van der Waals surface area contributed by atoms with Gasteiger partial charge in [0.05, 0.1) is 16.4 Å². The Morgan fingerprint density at radius 3 is 2.87 bits per heavy atom. The van der Waals surface area contributed by atoms with Crippen LogP contribution >= 0.6 is 11.6 Å². The fourth-order valence-electron chi connectivity index (χ4n) is 3.02. The molecule has 2 aliphatic rings. The van der Waals surface area contributed by atoms with Gasteiger partial charge >= 0.3 is 6.18 Å². The first-order valence-corrected chi connectivity index (χ1v) is 7.56. The molecule has 23 heavy (non-hydrogen) atoms. The van der Waals surface area contributed by atoms with E-state index in [2.05, 4.69) is 20.2 Å². The van der Waals surface area contributed by atoms with Gasteiger partial charge in [0.2, 0.25) is 0 Å². The molecule has 1 fully saturated rings. The van der Waals surface area contributed by atoms with Crippen LogP contribution in [-0.2, 0) is 6.18 Å². The average molecular weight is 341 g/mol. The van der Waals surface area contributed by atoms with Gasteiger partial charge in [-0.2, -0.15) is 13.2 Å². The normalized spacial score (nSPS) is 19.5. The van der Waals surface area contributed by atoms with Crippen LogP contribution in [0.25, 0.3) is 11.4 Å². The first kappa shape index (κ1) is 14.6. The summed E-state index contributed by atoms with van der Waals surface area (Å²) in [4.78, 5) is 10.3. The Morgan fingerprint density at radius 2 is 2.09 bits per heavy atom. The van der Waals surface area contributed by atoms with Crippen LogP contribution in [0.5, 0.6) is 0 Å². The van der Waals surface area contributed by atoms with Gasteiger partial charge in [-0.1, -0.05) is 17.7 Å². The molecule has 1 atom stereocenters. The lowest BCUT2D eigenvalue weighted by Gasteiger charge is -2.28. The summed E-state index contributed by atoms with van der Waals surface area (Å²) >= 11 is 6.26. The number of nitrogens with one attached hydrogen (secondary N) is 1. The van der Waals surface area contributed by atoms with Crippen molar-refractivity contribution in [1.29, 1.82) is 0 Å². The van der Waals surface area contributed by atoms with E-state index < -0.39 is 11.9 Å². The molecule has 1 N–H and O–H groups in total. The van der Waals surface area contributed by atoms with E-state index in [9.17, 15) is 13.2 Å². The molecular formula is C15H12ClF3N4. The molecule has 4 nitrogen and oxygen atoms in total. The predicted molar refractivity (Wildman–Crippen MR) is 81.7 cm³/mol. The number of alkyl halides is 3. The minimum atomic E-state index is -4.50. The van der Waals surface area contributed by atoms with E-state index in [1.807, 2.05) is 0 Å². The number of pyridine rings is 2. The number of halogens is 4. The third-order valence-electron chi connectivity index (χ3n) is 4.11. The van der Waals surface area contributed by atoms with Crippen LogP contribution in [0.2, 0.25) is 5.02 Å². The molecule has 2 bridgehead atoms. The third kappa shape index (κ3) is 2.49. The summed E-state index contributed by atoms with van der Waals surface area (Å²) in [5.74, 6) is 0.650. The van der Waals surface area contributed by atoms with Crippen LogP contribution in [0.3, 0.4) is 0 Å². The highest BCUT2D eigenvalue weighted by atomic mass is 35.5. The number of aromatic nitrogens is 2. The van der Waals surface area contributed by atoms with Crippen LogP contribution in [0.15, 0.2) is 24.3 Å². The molecule has 0 aromatic carbocycles. The van der Waals surface area contributed by atoms with Crippen molar-refractivity contribution in [2.75, 3.05) is 23.3 Å². The maximum absolute atomic E-state index is 12.8. The maximum atomic E-state index is 12.8. The molecule has 0 saturated carbocycles. The fraction of sp³-hybridized carbons (Fsp3) is 0.333. The molecular weight excluding hydrogens is 329 g/mol. The summed E-state index contributed by atoms with van der Waals surface area (Å²) in [5.41, 5.74) is 0.302. The molecule has 2 aromatic heterocycles. The molecule has 120 valence electrons. The van der Waals surface area contributed by atoms with Crippen molar-refractivity contribution in [3.05, 3.63) is 35.0 Å². The average Bonchev–Trinajstić information content (AvgIpc) is 2.90. The zero-order chi connectivity index (χ0) is 16.2. The van der Waals surface area contributed by atoms with Gasteiger partial charge in [-0.15, -0.1) is 0 Å². The van der Waals surface area contributed by atoms with E-state index in [0.717, 1.165) is 31.3 Å². The van der Waals surface area contributed by atoms with Gasteiger partial charge < -0.3 is 10.2 Å². The molecule has 4 rings (SSSR count). The van der Waals surface area contributed by atoms with Gasteiger partial charge in [0.15, 0.2) is 5.82 Å². The van der Waals surface area contributed by atoms with Crippen LogP contribution in [0, 0.1) is 0 Å². The molecule has 0 unspecified atom stereocenters. The highest BCUT2D eigenvalue weighted by Gasteiger charge is 2.34. The summed E-state index contributed by atoms with van der Waals surface area (Å²) in [6.45, 7) is 1.82. The van der Waals surface area contributed by atoms with Crippen molar-refractivity contribution in [3.63, 3.8) is 0 Å². The van der Waals surface area contributed by atoms with E-state index >= 15 is 0 Å². The van der Waals surface area contributed by atoms with Crippen molar-refractivity contribution in [2.24, 2.45) is 0 Å². The van der Waals surface area contributed by atoms with Gasteiger partial charge in [-0.3, -0.25) is 0 Å². The molecule has 4 heterocycles. The van der Waals surface area contributed by atoms with E-state index in [4.69, 9.17) is 11.6 Å². The fourth-order valence-corrected chi connectivity index (χ4v) is 3.26.